The second kappa shape index (κ2) is 6.37. The Kier molecular flexibility index (Phi) is 4.33. The molecule has 1 atom stereocenters. The van der Waals surface area contributed by atoms with Crippen LogP contribution in [0.1, 0.15) is 31.9 Å². The molecule has 2 aromatic heterocycles. The van der Waals surface area contributed by atoms with E-state index in [9.17, 15) is 0 Å². The number of fused-ring (bicyclic) bond motifs is 1. The van der Waals surface area contributed by atoms with Crippen molar-refractivity contribution in [2.45, 2.75) is 38.8 Å². The lowest BCUT2D eigenvalue weighted by Gasteiger charge is -2.23. The van der Waals surface area contributed by atoms with Crippen molar-refractivity contribution >= 4 is 5.65 Å². The van der Waals surface area contributed by atoms with Crippen molar-refractivity contribution in [3.8, 4) is 0 Å². The fourth-order valence-electron chi connectivity index (χ4n) is 3.05. The Morgan fingerprint density at radius 3 is 3.20 bits per heavy atom. The van der Waals surface area contributed by atoms with Gasteiger partial charge in [-0.15, -0.1) is 0 Å². The number of imidazole rings is 1. The lowest BCUT2D eigenvalue weighted by molar-refractivity contribution is 0.252. The Morgan fingerprint density at radius 2 is 2.35 bits per heavy atom. The molecule has 3 rings (SSSR count). The Bertz CT molecular complexity index is 515. The summed E-state index contributed by atoms with van der Waals surface area (Å²) in [4.78, 5) is 7.25. The van der Waals surface area contributed by atoms with Crippen LogP contribution in [0.5, 0.6) is 0 Å². The highest BCUT2D eigenvalue weighted by Crippen LogP contribution is 2.11. The molecule has 1 N–H and O–H groups in total. The van der Waals surface area contributed by atoms with E-state index in [2.05, 4.69) is 40.0 Å². The highest BCUT2D eigenvalue weighted by atomic mass is 15.2. The number of nitrogens with one attached hydrogen (secondary N) is 1. The van der Waals surface area contributed by atoms with Crippen molar-refractivity contribution in [3.05, 3.63) is 36.3 Å². The molecule has 0 spiro atoms. The van der Waals surface area contributed by atoms with E-state index in [1.165, 1.54) is 31.5 Å². The molecular weight excluding hydrogens is 248 g/mol. The van der Waals surface area contributed by atoms with Gasteiger partial charge in [-0.2, -0.15) is 0 Å². The van der Waals surface area contributed by atoms with Gasteiger partial charge in [0.1, 0.15) is 5.65 Å². The van der Waals surface area contributed by atoms with Crippen molar-refractivity contribution in [2.75, 3.05) is 19.6 Å². The smallest absolute Gasteiger partial charge is 0.137 e. The molecule has 1 unspecified atom stereocenters. The van der Waals surface area contributed by atoms with E-state index in [1.54, 1.807) is 0 Å². The van der Waals surface area contributed by atoms with Crippen LogP contribution in [-0.2, 0) is 6.54 Å². The van der Waals surface area contributed by atoms with Gasteiger partial charge in [-0.05, 0) is 38.1 Å². The first-order valence-corrected chi connectivity index (χ1v) is 7.73. The molecule has 20 heavy (non-hydrogen) atoms. The molecule has 0 aromatic carbocycles. The zero-order valence-corrected chi connectivity index (χ0v) is 12.3. The maximum absolute atomic E-state index is 4.71. The Balaban J connectivity index is 1.68. The van der Waals surface area contributed by atoms with Crippen LogP contribution in [0.25, 0.3) is 5.65 Å². The fraction of sp³-hybridized carbons (Fsp3) is 0.562. The number of hydrogen-bond acceptors (Lipinski definition) is 3. The van der Waals surface area contributed by atoms with E-state index in [-0.39, 0.29) is 0 Å². The Hall–Kier alpha value is -1.39. The summed E-state index contributed by atoms with van der Waals surface area (Å²) in [6, 6.07) is 6.79. The van der Waals surface area contributed by atoms with E-state index in [0.717, 1.165) is 25.3 Å². The normalized spacial score (nSPS) is 21.1. The van der Waals surface area contributed by atoms with E-state index >= 15 is 0 Å². The van der Waals surface area contributed by atoms with Crippen LogP contribution in [0.15, 0.2) is 30.6 Å². The fourth-order valence-corrected chi connectivity index (χ4v) is 3.05. The zero-order valence-electron chi connectivity index (χ0n) is 12.3. The number of aromatic nitrogens is 2. The first kappa shape index (κ1) is 13.6. The molecule has 4 heteroatoms. The molecule has 1 aliphatic rings. The first-order chi connectivity index (χ1) is 9.85. The average molecular weight is 272 g/mol. The largest absolute Gasteiger partial charge is 0.313 e. The maximum atomic E-state index is 4.71. The lowest BCUT2D eigenvalue weighted by atomic mass is 10.1. The van der Waals surface area contributed by atoms with Crippen molar-refractivity contribution in [2.24, 2.45) is 0 Å². The third-order valence-corrected chi connectivity index (χ3v) is 4.00. The summed E-state index contributed by atoms with van der Waals surface area (Å²) in [5.41, 5.74) is 2.22. The quantitative estimate of drug-likeness (QED) is 0.927. The van der Waals surface area contributed by atoms with Crippen molar-refractivity contribution < 1.29 is 0 Å². The molecule has 0 radical (unpaired) electrons. The minimum Gasteiger partial charge on any atom is -0.313 e. The van der Waals surface area contributed by atoms with Gasteiger partial charge in [0.25, 0.3) is 0 Å². The van der Waals surface area contributed by atoms with Crippen LogP contribution >= 0.6 is 0 Å². The molecule has 0 aliphatic carbocycles. The molecule has 1 aliphatic heterocycles. The van der Waals surface area contributed by atoms with Gasteiger partial charge >= 0.3 is 0 Å². The van der Waals surface area contributed by atoms with Gasteiger partial charge < -0.3 is 9.72 Å². The standard InChI is InChI=1S/C16H24N4/c1-2-6-14-11-19(9-5-8-17-14)12-15-13-20-10-4-3-7-16(20)18-15/h3-4,7,10,13-14,17H,2,5-6,8-9,11-12H2,1H3. The van der Waals surface area contributed by atoms with E-state index in [4.69, 9.17) is 4.98 Å². The van der Waals surface area contributed by atoms with E-state index < -0.39 is 0 Å². The Morgan fingerprint density at radius 1 is 1.40 bits per heavy atom. The van der Waals surface area contributed by atoms with E-state index in [1.807, 2.05) is 12.1 Å². The molecule has 2 aromatic rings. The van der Waals surface area contributed by atoms with Crippen molar-refractivity contribution in [3.63, 3.8) is 0 Å². The summed E-state index contributed by atoms with van der Waals surface area (Å²) in [6.07, 6.45) is 7.97. The van der Waals surface area contributed by atoms with Crippen LogP contribution in [-0.4, -0.2) is 40.0 Å². The molecule has 0 saturated carbocycles. The SMILES string of the molecule is CCCC1CN(Cc2cn3ccccc3n2)CCCN1. The van der Waals surface area contributed by atoms with Crippen molar-refractivity contribution in [1.29, 1.82) is 0 Å². The molecule has 0 bridgehead atoms. The zero-order chi connectivity index (χ0) is 13.8. The second-order valence-corrected chi connectivity index (χ2v) is 5.73. The van der Waals surface area contributed by atoms with Gasteiger partial charge in [0.15, 0.2) is 0 Å². The summed E-state index contributed by atoms with van der Waals surface area (Å²) in [5.74, 6) is 0. The van der Waals surface area contributed by atoms with Gasteiger partial charge in [0, 0.05) is 31.5 Å². The lowest BCUT2D eigenvalue weighted by Crippen LogP contribution is -2.37. The maximum Gasteiger partial charge on any atom is 0.137 e. The van der Waals surface area contributed by atoms with Gasteiger partial charge in [0.05, 0.1) is 5.69 Å². The van der Waals surface area contributed by atoms with E-state index in [0.29, 0.717) is 6.04 Å². The molecule has 4 nitrogen and oxygen atoms in total. The average Bonchev–Trinajstić information content (AvgIpc) is 2.72. The minimum atomic E-state index is 0.638. The van der Waals surface area contributed by atoms with Crippen LogP contribution in [0.3, 0.4) is 0 Å². The number of rotatable bonds is 4. The monoisotopic (exact) mass is 272 g/mol. The number of hydrogen-bond donors (Lipinski definition) is 1. The summed E-state index contributed by atoms with van der Waals surface area (Å²) < 4.78 is 2.11. The summed E-state index contributed by atoms with van der Waals surface area (Å²) in [7, 11) is 0. The number of pyridine rings is 1. The predicted octanol–water partition coefficient (Wildman–Crippen LogP) is 2.30. The summed E-state index contributed by atoms with van der Waals surface area (Å²) in [5, 5.41) is 3.66. The molecule has 3 heterocycles. The molecule has 1 fully saturated rings. The van der Waals surface area contributed by atoms with Crippen LogP contribution < -0.4 is 5.32 Å². The van der Waals surface area contributed by atoms with Gasteiger partial charge in [-0.1, -0.05) is 19.4 Å². The van der Waals surface area contributed by atoms with Crippen LogP contribution in [0, 0.1) is 0 Å². The summed E-state index contributed by atoms with van der Waals surface area (Å²) >= 11 is 0. The third kappa shape index (κ3) is 3.19. The molecule has 108 valence electrons. The highest BCUT2D eigenvalue weighted by Gasteiger charge is 2.17. The Labute approximate surface area is 120 Å². The predicted molar refractivity (Wildman–Crippen MR) is 81.8 cm³/mol. The molecule has 0 amide bonds. The summed E-state index contributed by atoms with van der Waals surface area (Å²) in [6.45, 7) is 6.68. The number of nitrogens with zero attached hydrogens (tertiary/aromatic N) is 3. The second-order valence-electron chi connectivity index (χ2n) is 5.73. The van der Waals surface area contributed by atoms with Gasteiger partial charge in [0.2, 0.25) is 0 Å². The van der Waals surface area contributed by atoms with Crippen LogP contribution in [0.4, 0.5) is 0 Å². The van der Waals surface area contributed by atoms with Crippen molar-refractivity contribution in [1.82, 2.24) is 19.6 Å². The van der Waals surface area contributed by atoms with Gasteiger partial charge in [-0.25, -0.2) is 4.98 Å². The highest BCUT2D eigenvalue weighted by molar-refractivity contribution is 5.39. The van der Waals surface area contributed by atoms with Crippen LogP contribution in [0.2, 0.25) is 0 Å². The van der Waals surface area contributed by atoms with Gasteiger partial charge in [-0.3, -0.25) is 4.90 Å². The molecule has 1 saturated heterocycles. The third-order valence-electron chi connectivity index (χ3n) is 4.00. The molecular formula is C16H24N4. The first-order valence-electron chi connectivity index (χ1n) is 7.73. The minimum absolute atomic E-state index is 0.638. The topological polar surface area (TPSA) is 32.6 Å².